The van der Waals surface area contributed by atoms with E-state index in [1.54, 1.807) is 24.3 Å². The van der Waals surface area contributed by atoms with E-state index in [1.165, 1.54) is 12.5 Å². The predicted octanol–water partition coefficient (Wildman–Crippen LogP) is 4.02. The van der Waals surface area contributed by atoms with Crippen molar-refractivity contribution in [1.29, 1.82) is 0 Å². The first kappa shape index (κ1) is 17.3. The van der Waals surface area contributed by atoms with Crippen LogP contribution in [0.2, 0.25) is 0 Å². The van der Waals surface area contributed by atoms with Crippen LogP contribution in [-0.4, -0.2) is 21.5 Å². The minimum absolute atomic E-state index is 0.0465. The van der Waals surface area contributed by atoms with Gasteiger partial charge in [0.2, 0.25) is 0 Å². The molecular formula is C21H21N3O3. The number of benzene rings is 1. The van der Waals surface area contributed by atoms with Crippen LogP contribution in [0.15, 0.2) is 34.9 Å². The molecule has 0 fully saturated rings. The van der Waals surface area contributed by atoms with E-state index in [4.69, 9.17) is 4.42 Å². The van der Waals surface area contributed by atoms with E-state index >= 15 is 0 Å². The Labute approximate surface area is 157 Å². The van der Waals surface area contributed by atoms with Gasteiger partial charge in [-0.3, -0.25) is 14.3 Å². The number of hydrogen-bond donors (Lipinski definition) is 1. The number of Topliss-reactive ketones (excluding diaryl/α,β-unsaturated/α-hetero) is 1. The number of anilines is 1. The number of hydrogen-bond acceptors (Lipinski definition) is 4. The summed E-state index contributed by atoms with van der Waals surface area (Å²) in [4.78, 5) is 24.3. The molecule has 0 saturated carbocycles. The second kappa shape index (κ2) is 6.54. The molecular weight excluding hydrogens is 342 g/mol. The number of carbonyl (C=O) groups is 2. The van der Waals surface area contributed by atoms with Gasteiger partial charge in [-0.25, -0.2) is 0 Å². The zero-order valence-corrected chi connectivity index (χ0v) is 15.6. The van der Waals surface area contributed by atoms with E-state index in [0.29, 0.717) is 17.0 Å². The number of aryl methyl sites for hydroxylation is 3. The number of nitrogens with one attached hydrogen (secondary N) is 1. The Balaban J connectivity index is 1.67. The second-order valence-corrected chi connectivity index (χ2v) is 6.80. The molecule has 0 saturated heterocycles. The second-order valence-electron chi connectivity index (χ2n) is 6.80. The van der Waals surface area contributed by atoms with Gasteiger partial charge in [-0.05, 0) is 44.9 Å². The normalized spacial score (nSPS) is 12.4. The van der Waals surface area contributed by atoms with Crippen molar-refractivity contribution < 1.29 is 14.0 Å². The van der Waals surface area contributed by atoms with E-state index in [0.717, 1.165) is 42.0 Å². The lowest BCUT2D eigenvalue weighted by Crippen LogP contribution is -2.12. The van der Waals surface area contributed by atoms with Crippen LogP contribution in [0.25, 0.3) is 11.3 Å². The highest BCUT2D eigenvalue weighted by Gasteiger charge is 2.29. The first-order valence-electron chi connectivity index (χ1n) is 9.09. The summed E-state index contributed by atoms with van der Waals surface area (Å²) in [5.74, 6) is 0.741. The molecule has 0 spiro atoms. The third-order valence-corrected chi connectivity index (χ3v) is 4.97. The highest BCUT2D eigenvalue weighted by atomic mass is 16.4. The molecule has 0 atom stereocenters. The molecule has 1 aromatic carbocycles. The summed E-state index contributed by atoms with van der Waals surface area (Å²) in [5, 5.41) is 7.48. The van der Waals surface area contributed by atoms with E-state index in [1.807, 2.05) is 11.6 Å². The minimum atomic E-state index is -0.320. The van der Waals surface area contributed by atoms with Gasteiger partial charge in [0.05, 0.1) is 5.69 Å². The summed E-state index contributed by atoms with van der Waals surface area (Å²) < 4.78 is 7.84. The van der Waals surface area contributed by atoms with Crippen LogP contribution in [-0.2, 0) is 19.4 Å². The van der Waals surface area contributed by atoms with Crippen LogP contribution in [0.3, 0.4) is 0 Å². The number of aromatic nitrogens is 2. The highest BCUT2D eigenvalue weighted by molar-refractivity contribution is 6.05. The van der Waals surface area contributed by atoms with Gasteiger partial charge in [-0.15, -0.1) is 0 Å². The third-order valence-electron chi connectivity index (χ3n) is 4.97. The average molecular weight is 363 g/mol. The van der Waals surface area contributed by atoms with Gasteiger partial charge in [0, 0.05) is 41.5 Å². The summed E-state index contributed by atoms with van der Waals surface area (Å²) >= 11 is 0. The molecule has 2 heterocycles. The van der Waals surface area contributed by atoms with Crippen LogP contribution in [0.4, 0.5) is 5.69 Å². The van der Waals surface area contributed by atoms with Crippen molar-refractivity contribution in [3.05, 3.63) is 58.7 Å². The van der Waals surface area contributed by atoms with Crippen molar-refractivity contribution in [2.45, 2.75) is 40.2 Å². The summed E-state index contributed by atoms with van der Waals surface area (Å²) in [7, 11) is 0. The quantitative estimate of drug-likeness (QED) is 0.710. The number of nitrogens with zero attached hydrogens (tertiary/aromatic N) is 2. The maximum atomic E-state index is 12.8. The number of ketones is 1. The van der Waals surface area contributed by atoms with Crippen LogP contribution < -0.4 is 5.32 Å². The molecule has 0 aliphatic heterocycles. The first-order chi connectivity index (χ1) is 13.0. The molecule has 27 heavy (non-hydrogen) atoms. The van der Waals surface area contributed by atoms with Crippen molar-refractivity contribution >= 4 is 17.4 Å². The molecule has 1 amide bonds. The van der Waals surface area contributed by atoms with Gasteiger partial charge in [0.25, 0.3) is 5.91 Å². The molecule has 138 valence electrons. The van der Waals surface area contributed by atoms with Gasteiger partial charge in [-0.2, -0.15) is 5.10 Å². The number of rotatable bonds is 4. The van der Waals surface area contributed by atoms with E-state index in [2.05, 4.69) is 23.5 Å². The SMILES string of the molecule is CCn1cc2c(n1)-c1c(oc(C(=O)Nc3cccc(C(C)=O)c3)c1C)CC2. The van der Waals surface area contributed by atoms with Gasteiger partial charge in [-0.1, -0.05) is 12.1 Å². The Morgan fingerprint density at radius 2 is 2.11 bits per heavy atom. The van der Waals surface area contributed by atoms with Crippen molar-refractivity contribution in [2.75, 3.05) is 5.32 Å². The number of carbonyl (C=O) groups excluding carboxylic acids is 2. The summed E-state index contributed by atoms with van der Waals surface area (Å²) in [5.41, 5.74) is 4.96. The molecule has 2 aromatic heterocycles. The fraction of sp³-hybridized carbons (Fsp3) is 0.286. The van der Waals surface area contributed by atoms with Gasteiger partial charge >= 0.3 is 0 Å². The van der Waals surface area contributed by atoms with Gasteiger partial charge < -0.3 is 9.73 Å². The zero-order chi connectivity index (χ0) is 19.1. The monoisotopic (exact) mass is 363 g/mol. The van der Waals surface area contributed by atoms with Gasteiger partial charge in [0.15, 0.2) is 11.5 Å². The van der Waals surface area contributed by atoms with Crippen molar-refractivity contribution in [2.24, 2.45) is 0 Å². The summed E-state index contributed by atoms with van der Waals surface area (Å²) in [6, 6.07) is 6.89. The number of furan rings is 1. The van der Waals surface area contributed by atoms with Crippen LogP contribution in [0.5, 0.6) is 0 Å². The lowest BCUT2D eigenvalue weighted by molar-refractivity contribution is 0.0990. The molecule has 6 nitrogen and oxygen atoms in total. The molecule has 1 aliphatic rings. The standard InChI is InChI=1S/C21H21N3O3/c1-4-24-11-15-8-9-17-18(19(15)23-24)12(2)20(27-17)21(26)22-16-7-5-6-14(10-16)13(3)25/h5-7,10-11H,4,8-9H2,1-3H3,(H,22,26). The van der Waals surface area contributed by atoms with Crippen molar-refractivity contribution in [3.63, 3.8) is 0 Å². The molecule has 6 heteroatoms. The highest BCUT2D eigenvalue weighted by Crippen LogP contribution is 2.38. The molecule has 0 unspecified atom stereocenters. The molecule has 0 bridgehead atoms. The van der Waals surface area contributed by atoms with E-state index in [9.17, 15) is 9.59 Å². The predicted molar refractivity (Wildman–Crippen MR) is 102 cm³/mol. The van der Waals surface area contributed by atoms with E-state index in [-0.39, 0.29) is 11.7 Å². The Kier molecular flexibility index (Phi) is 4.18. The van der Waals surface area contributed by atoms with Crippen LogP contribution in [0.1, 0.15) is 51.6 Å². The Hall–Kier alpha value is -3.15. The van der Waals surface area contributed by atoms with Crippen LogP contribution >= 0.6 is 0 Å². The molecule has 1 aliphatic carbocycles. The summed E-state index contributed by atoms with van der Waals surface area (Å²) in [6.07, 6.45) is 3.68. The Morgan fingerprint density at radius 3 is 2.85 bits per heavy atom. The van der Waals surface area contributed by atoms with Crippen molar-refractivity contribution in [3.8, 4) is 11.3 Å². The van der Waals surface area contributed by atoms with Gasteiger partial charge in [0.1, 0.15) is 5.76 Å². The topological polar surface area (TPSA) is 77.1 Å². The fourth-order valence-corrected chi connectivity index (χ4v) is 3.55. The molecule has 4 rings (SSSR count). The third kappa shape index (κ3) is 2.97. The lowest BCUT2D eigenvalue weighted by Gasteiger charge is -2.09. The van der Waals surface area contributed by atoms with Crippen LogP contribution in [0, 0.1) is 6.92 Å². The maximum absolute atomic E-state index is 12.8. The smallest absolute Gasteiger partial charge is 0.291 e. The molecule has 1 N–H and O–H groups in total. The molecule has 3 aromatic rings. The Morgan fingerprint density at radius 1 is 1.30 bits per heavy atom. The lowest BCUT2D eigenvalue weighted by atomic mass is 9.93. The fourth-order valence-electron chi connectivity index (χ4n) is 3.55. The Bertz CT molecular complexity index is 1060. The molecule has 0 radical (unpaired) electrons. The minimum Gasteiger partial charge on any atom is -0.455 e. The first-order valence-corrected chi connectivity index (χ1v) is 9.09. The maximum Gasteiger partial charge on any atom is 0.291 e. The summed E-state index contributed by atoms with van der Waals surface area (Å²) in [6.45, 7) is 6.25. The average Bonchev–Trinajstić information content (AvgIpc) is 3.22. The largest absolute Gasteiger partial charge is 0.455 e. The number of amides is 1. The zero-order valence-electron chi connectivity index (χ0n) is 15.6. The van der Waals surface area contributed by atoms with Crippen molar-refractivity contribution in [1.82, 2.24) is 9.78 Å². The number of fused-ring (bicyclic) bond motifs is 3. The van der Waals surface area contributed by atoms with E-state index < -0.39 is 0 Å².